The number of ketones is 1. The summed E-state index contributed by atoms with van der Waals surface area (Å²) in [5, 5.41) is 21.9. The molecule has 26 heteroatoms. The number of aliphatic hydroxyl groups excluding tert-OH is 1. The summed E-state index contributed by atoms with van der Waals surface area (Å²) in [5.41, 5.74) is 0. The highest BCUT2D eigenvalue weighted by Crippen LogP contribution is 2.27. The summed E-state index contributed by atoms with van der Waals surface area (Å²) in [4.78, 5) is 184. The van der Waals surface area contributed by atoms with Crippen molar-refractivity contribution >= 4 is 82.5 Å². The summed E-state index contributed by atoms with van der Waals surface area (Å²) in [6.07, 6.45) is 2.73. The Kier molecular flexibility index (Phi) is 36.2. The third-order valence-electron chi connectivity index (χ3n) is 17.0. The molecule has 0 aromatic carbocycles. The maximum Gasteiger partial charge on any atom is 0.256 e. The van der Waals surface area contributed by atoms with Crippen molar-refractivity contribution in [2.24, 2.45) is 41.4 Å². The van der Waals surface area contributed by atoms with Crippen molar-refractivity contribution < 1.29 is 67.4 Å². The van der Waals surface area contributed by atoms with Gasteiger partial charge >= 0.3 is 0 Å². The highest BCUT2D eigenvalue weighted by Gasteiger charge is 2.46. The van der Waals surface area contributed by atoms with E-state index in [4.69, 9.17) is 4.74 Å². The molecule has 0 radical (unpaired) electrons. The molecule has 1 saturated heterocycles. The van der Waals surface area contributed by atoms with Crippen LogP contribution in [0, 0.1) is 41.4 Å². The van der Waals surface area contributed by atoms with Gasteiger partial charge in [0.1, 0.15) is 67.0 Å². The minimum Gasteiger partial charge on any atom is -0.390 e. The Bertz CT molecular complexity index is 2570. The smallest absolute Gasteiger partial charge is 0.256 e. The van der Waals surface area contributed by atoms with Crippen LogP contribution in [0.15, 0.2) is 12.2 Å². The van der Waals surface area contributed by atoms with E-state index in [0.29, 0.717) is 0 Å². The lowest BCUT2D eigenvalue weighted by atomic mass is 9.91. The normalized spacial score (nSPS) is 26.4. The van der Waals surface area contributed by atoms with E-state index in [2.05, 4.69) is 21.3 Å². The number of thioether (sulfide) groups is 1. The van der Waals surface area contributed by atoms with Crippen molar-refractivity contribution in [3.63, 3.8) is 0 Å². The van der Waals surface area contributed by atoms with E-state index in [0.717, 1.165) is 21.6 Å². The molecule has 1 aliphatic heterocycles. The van der Waals surface area contributed by atoms with Crippen LogP contribution in [0.3, 0.4) is 0 Å². The molecule has 1 heterocycles. The second-order valence-corrected chi connectivity index (χ2v) is 29.0. The molecule has 0 aromatic heterocycles. The van der Waals surface area contributed by atoms with Gasteiger partial charge in [0.05, 0.1) is 12.7 Å². The summed E-state index contributed by atoms with van der Waals surface area (Å²) >= 11 is 0.984. The van der Waals surface area contributed by atoms with Gasteiger partial charge in [0.15, 0.2) is 11.2 Å². The molecule has 1 aliphatic rings. The number of aliphatic hydroxyl groups is 1. The predicted molar refractivity (Wildman–Crippen MR) is 361 cm³/mol. The average Bonchev–Trinajstić information content (AvgIpc) is 0.816. The van der Waals surface area contributed by atoms with Gasteiger partial charge in [-0.15, -0.1) is 11.8 Å². The maximum absolute atomic E-state index is 15.3. The summed E-state index contributed by atoms with van der Waals surface area (Å²) in [6.45, 7) is 30.8. The van der Waals surface area contributed by atoms with Crippen LogP contribution in [0.2, 0.25) is 0 Å². The van der Waals surface area contributed by atoms with Crippen molar-refractivity contribution in [3.8, 4) is 0 Å². The standard InChI is InChI=1S/C67H119N11O14S/c1-26-28-29-43(15)55(80)54-59(84)70-47(27-2)61(86)78(25)67(93-31-30-92-36-44(16)79)66(91)73(20)49(33-38(5)6)58(83)71-52(41(11)12)64(89)72(19)48(32-37(3)4)57(82)68-45(17)56(81)69-46(18)60(85)74(21)50(34-39(7)8)62(87)75(22)51(35-40(9)10)63(88)76(23)53(42(13)14)65(90)77(54)24/h26,28,37-43,45-55,67,80H,27,29-36H2,1-25H3,(H,68,82)(H,69,81)(H,70,84)(H,71,83)/b28-26+/t43-,45+,46+,47+,48+,49+,50+,51+,52+,53?,54?,55-,67?/m1/s1. The highest BCUT2D eigenvalue weighted by molar-refractivity contribution is 8.00. The van der Waals surface area contributed by atoms with Gasteiger partial charge in [0.25, 0.3) is 5.91 Å². The van der Waals surface area contributed by atoms with Gasteiger partial charge < -0.3 is 65.4 Å². The monoisotopic (exact) mass is 1330 g/mol. The van der Waals surface area contributed by atoms with E-state index in [1.807, 2.05) is 55.4 Å². The molecular weight excluding hydrogens is 1210 g/mol. The van der Waals surface area contributed by atoms with E-state index in [-0.39, 0.29) is 86.9 Å². The molecule has 0 bridgehead atoms. The molecule has 25 nitrogen and oxygen atoms in total. The number of allylic oxidation sites excluding steroid dienone is 2. The molecular formula is C67H119N11O14S. The molecule has 0 aliphatic carbocycles. The fourth-order valence-electron chi connectivity index (χ4n) is 11.3. The zero-order chi connectivity index (χ0) is 72.0. The number of likely N-dealkylation sites (N-methyl/N-ethyl adjacent to an activating group) is 7. The van der Waals surface area contributed by atoms with Crippen LogP contribution in [0.1, 0.15) is 163 Å². The number of hydrogen-bond acceptors (Lipinski definition) is 15. The van der Waals surface area contributed by atoms with Gasteiger partial charge in [-0.25, -0.2) is 0 Å². The zero-order valence-electron chi connectivity index (χ0n) is 60.8. The Balaban J connectivity index is 4.54. The van der Waals surface area contributed by atoms with Crippen LogP contribution in [-0.4, -0.2) is 250 Å². The Hall–Kier alpha value is -6.15. The van der Waals surface area contributed by atoms with Gasteiger partial charge in [-0.3, -0.25) is 57.5 Å². The first-order valence-corrected chi connectivity index (χ1v) is 34.1. The summed E-state index contributed by atoms with van der Waals surface area (Å²) < 4.78 is 5.55. The third kappa shape index (κ3) is 24.9. The Morgan fingerprint density at radius 3 is 1.39 bits per heavy atom. The number of carbonyl (C=O) groups excluding carboxylic acids is 12. The van der Waals surface area contributed by atoms with E-state index in [9.17, 15) is 33.9 Å². The molecule has 1 rings (SSSR count). The maximum atomic E-state index is 15.3. The Labute approximate surface area is 560 Å². The Morgan fingerprint density at radius 1 is 0.505 bits per heavy atom. The third-order valence-corrected chi connectivity index (χ3v) is 18.2. The second-order valence-electron chi connectivity index (χ2n) is 27.8. The number of ether oxygens (including phenoxy) is 1. The van der Waals surface area contributed by atoms with Crippen molar-refractivity contribution in [3.05, 3.63) is 12.2 Å². The molecule has 532 valence electrons. The van der Waals surface area contributed by atoms with Gasteiger partial charge in [0.2, 0.25) is 59.1 Å². The molecule has 0 spiro atoms. The van der Waals surface area contributed by atoms with Gasteiger partial charge in [-0.05, 0) is 108 Å². The van der Waals surface area contributed by atoms with Crippen LogP contribution in [0.25, 0.3) is 0 Å². The molecule has 93 heavy (non-hydrogen) atoms. The lowest BCUT2D eigenvalue weighted by Gasteiger charge is -2.41. The Morgan fingerprint density at radius 2 is 0.935 bits per heavy atom. The first-order chi connectivity index (χ1) is 43.0. The number of nitrogens with one attached hydrogen (secondary N) is 4. The van der Waals surface area contributed by atoms with Crippen LogP contribution in [-0.2, 0) is 62.3 Å². The molecule has 3 unspecified atom stereocenters. The minimum absolute atomic E-state index is 0.0233. The van der Waals surface area contributed by atoms with E-state index in [1.165, 1.54) is 94.6 Å². The number of Topliss-reactive ketones (excluding diaryl/α,β-unsaturated/α-hetero) is 1. The lowest BCUT2D eigenvalue weighted by Crippen LogP contribution is -2.64. The molecule has 11 amide bonds. The fourth-order valence-corrected chi connectivity index (χ4v) is 12.4. The van der Waals surface area contributed by atoms with E-state index in [1.54, 1.807) is 60.6 Å². The van der Waals surface area contributed by atoms with E-state index >= 15 is 28.8 Å². The molecule has 13 atom stereocenters. The SMILES string of the molecule is C/C=C/C[C@@H](C)[C@@H](O)C1C(=O)N[C@@H](CC)C(=O)N(C)C(SCCOCC(C)=O)C(=O)N(C)[C@@H](CC(C)C)C(=O)N[C@@H](C(C)C)C(=O)N(C)[C@@H](CC(C)C)C(=O)N[C@@H](C)C(=O)N[C@@H](C)C(=O)N(C)[C@@H](CC(C)C)C(=O)N(C)[C@@H](CC(C)C)C(=O)N(C)C(C(C)C)C(=O)N1C. The first kappa shape index (κ1) is 84.9. The number of rotatable bonds is 21. The van der Waals surface area contributed by atoms with Crippen LogP contribution >= 0.6 is 11.8 Å². The number of carbonyl (C=O) groups is 12. The zero-order valence-corrected chi connectivity index (χ0v) is 61.6. The van der Waals surface area contributed by atoms with Crippen molar-refractivity contribution in [2.45, 2.75) is 235 Å². The first-order valence-electron chi connectivity index (χ1n) is 33.1. The van der Waals surface area contributed by atoms with Crippen LogP contribution < -0.4 is 21.3 Å². The number of nitrogens with zero attached hydrogens (tertiary/aromatic N) is 7. The summed E-state index contributed by atoms with van der Waals surface area (Å²) in [7, 11) is 9.85. The number of amides is 11. The van der Waals surface area contributed by atoms with Crippen molar-refractivity contribution in [1.29, 1.82) is 0 Å². The summed E-state index contributed by atoms with van der Waals surface area (Å²) in [5.74, 6) is -10.6. The van der Waals surface area contributed by atoms with Crippen molar-refractivity contribution in [1.82, 2.24) is 55.6 Å². The fraction of sp³-hybridized carbons (Fsp3) is 0.791. The lowest BCUT2D eigenvalue weighted by molar-refractivity contribution is -0.157. The topological polar surface area (TPSA) is 305 Å². The van der Waals surface area contributed by atoms with Gasteiger partial charge in [-0.1, -0.05) is 109 Å². The van der Waals surface area contributed by atoms with Crippen LogP contribution in [0.4, 0.5) is 0 Å². The number of hydrogen-bond donors (Lipinski definition) is 5. The quantitative estimate of drug-likeness (QED) is 0.0804. The molecule has 0 aromatic rings. The molecule has 1 fully saturated rings. The predicted octanol–water partition coefficient (Wildman–Crippen LogP) is 3.93. The summed E-state index contributed by atoms with van der Waals surface area (Å²) in [6, 6.07) is -12.8. The van der Waals surface area contributed by atoms with E-state index < -0.39 is 155 Å². The van der Waals surface area contributed by atoms with Gasteiger partial charge in [-0.2, -0.15) is 0 Å². The molecule has 5 N–H and O–H groups in total. The highest BCUT2D eigenvalue weighted by atomic mass is 32.2. The average molecular weight is 1330 g/mol. The van der Waals surface area contributed by atoms with Gasteiger partial charge in [0, 0.05) is 55.1 Å². The minimum atomic E-state index is -1.67. The largest absolute Gasteiger partial charge is 0.390 e. The second kappa shape index (κ2) is 39.7. The van der Waals surface area contributed by atoms with Crippen LogP contribution in [0.5, 0.6) is 0 Å². The molecule has 0 saturated carbocycles. The van der Waals surface area contributed by atoms with Crippen molar-refractivity contribution in [2.75, 3.05) is 68.3 Å².